The van der Waals surface area contributed by atoms with E-state index in [2.05, 4.69) is 25.3 Å². The van der Waals surface area contributed by atoms with Crippen molar-refractivity contribution in [3.05, 3.63) is 54.2 Å². The number of benzene rings is 2. The van der Waals surface area contributed by atoms with Crippen LogP contribution in [0.3, 0.4) is 0 Å². The van der Waals surface area contributed by atoms with E-state index in [1.165, 1.54) is 12.1 Å². The number of carbonyl (C=O) groups is 2. The van der Waals surface area contributed by atoms with Crippen molar-refractivity contribution in [1.29, 1.82) is 0 Å². The summed E-state index contributed by atoms with van der Waals surface area (Å²) in [7, 11) is 0. The van der Waals surface area contributed by atoms with Gasteiger partial charge in [-0.05, 0) is 30.2 Å². The lowest BCUT2D eigenvalue weighted by Crippen LogP contribution is -2.44. The van der Waals surface area contributed by atoms with Crippen molar-refractivity contribution in [3.63, 3.8) is 0 Å². The molecule has 4 rings (SSSR count). The number of hydrogen-bond acceptors (Lipinski definition) is 6. The minimum Gasteiger partial charge on any atom is -0.406 e. The number of aromatic nitrogens is 2. The number of fused-ring (bicyclic) bond motifs is 2. The van der Waals surface area contributed by atoms with Gasteiger partial charge in [0.2, 0.25) is 11.8 Å². The molecule has 0 saturated carbocycles. The Kier molecular flexibility index (Phi) is 6.20. The number of nitrogens with two attached hydrogens (primary N) is 1. The summed E-state index contributed by atoms with van der Waals surface area (Å²) in [4.78, 5) is 31.7. The fourth-order valence-electron chi connectivity index (χ4n) is 3.25. The molecule has 33 heavy (non-hydrogen) atoms. The Morgan fingerprint density at radius 2 is 2.00 bits per heavy atom. The Morgan fingerprint density at radius 1 is 1.21 bits per heavy atom. The molecule has 0 aliphatic heterocycles. The second-order valence-corrected chi connectivity index (χ2v) is 8.16. The van der Waals surface area contributed by atoms with E-state index in [-0.39, 0.29) is 23.8 Å². The van der Waals surface area contributed by atoms with Gasteiger partial charge in [-0.3, -0.25) is 9.59 Å². The molecule has 0 radical (unpaired) electrons. The molecule has 1 atom stereocenters. The van der Waals surface area contributed by atoms with Crippen LogP contribution in [0.25, 0.3) is 21.1 Å². The van der Waals surface area contributed by atoms with Crippen molar-refractivity contribution in [2.24, 2.45) is 5.73 Å². The van der Waals surface area contributed by atoms with Crippen molar-refractivity contribution >= 4 is 49.4 Å². The minimum absolute atomic E-state index is 0.177. The number of hydrogen-bond donors (Lipinski definition) is 4. The summed E-state index contributed by atoms with van der Waals surface area (Å²) in [5, 5.41) is 6.13. The number of ether oxygens (including phenoxy) is 1. The zero-order valence-electron chi connectivity index (χ0n) is 16.9. The molecule has 0 saturated heterocycles. The number of amides is 2. The van der Waals surface area contributed by atoms with Crippen LogP contribution in [0.2, 0.25) is 0 Å². The zero-order chi connectivity index (χ0) is 23.6. The summed E-state index contributed by atoms with van der Waals surface area (Å²) in [6.07, 6.45) is -2.72. The molecule has 0 aliphatic carbocycles. The summed E-state index contributed by atoms with van der Waals surface area (Å²) in [5.41, 5.74) is 8.21. The van der Waals surface area contributed by atoms with E-state index in [1.54, 1.807) is 6.20 Å². The van der Waals surface area contributed by atoms with Crippen molar-refractivity contribution in [2.75, 3.05) is 11.9 Å². The molecule has 0 aliphatic rings. The highest BCUT2D eigenvalue weighted by molar-refractivity contribution is 7.22. The first-order valence-corrected chi connectivity index (χ1v) is 10.5. The first-order chi connectivity index (χ1) is 15.7. The Bertz CT molecular complexity index is 1320. The maximum absolute atomic E-state index is 12.4. The number of alkyl halides is 3. The lowest BCUT2D eigenvalue weighted by atomic mass is 10.1. The van der Waals surface area contributed by atoms with Crippen LogP contribution in [0.5, 0.6) is 5.75 Å². The molecule has 12 heteroatoms. The number of rotatable bonds is 7. The number of carbonyl (C=O) groups excluding carboxylic acids is 2. The first-order valence-electron chi connectivity index (χ1n) is 9.72. The first kappa shape index (κ1) is 22.6. The van der Waals surface area contributed by atoms with Gasteiger partial charge >= 0.3 is 6.36 Å². The molecule has 2 aromatic heterocycles. The fraction of sp³-hybridized carbons (Fsp3) is 0.190. The molecular weight excluding hydrogens is 459 g/mol. The number of thiazole rings is 1. The van der Waals surface area contributed by atoms with E-state index in [0.717, 1.165) is 33.9 Å². The third kappa shape index (κ3) is 5.59. The second kappa shape index (κ2) is 9.08. The van der Waals surface area contributed by atoms with Crippen LogP contribution in [-0.4, -0.2) is 40.7 Å². The number of para-hydroxylation sites is 1. The van der Waals surface area contributed by atoms with Gasteiger partial charge < -0.3 is 26.1 Å². The average molecular weight is 477 g/mol. The van der Waals surface area contributed by atoms with Gasteiger partial charge in [0.1, 0.15) is 5.75 Å². The Morgan fingerprint density at radius 3 is 2.79 bits per heavy atom. The quantitative estimate of drug-likeness (QED) is 0.325. The van der Waals surface area contributed by atoms with E-state index in [0.29, 0.717) is 10.2 Å². The van der Waals surface area contributed by atoms with Crippen LogP contribution in [0.4, 0.5) is 18.3 Å². The van der Waals surface area contributed by atoms with Gasteiger partial charge in [0.05, 0.1) is 22.8 Å². The number of anilines is 1. The topological polar surface area (TPSA) is 122 Å². The molecule has 2 heterocycles. The van der Waals surface area contributed by atoms with E-state index >= 15 is 0 Å². The molecule has 1 unspecified atom stereocenters. The fourth-order valence-corrected chi connectivity index (χ4v) is 4.16. The SMILES string of the molecule is NC(Cc1c[nH]c2ccccc12)C(=O)NCC(=O)Nc1nc2ccc(OC(F)(F)F)cc2s1. The van der Waals surface area contributed by atoms with Crippen LogP contribution in [0.1, 0.15) is 5.56 Å². The van der Waals surface area contributed by atoms with Crippen LogP contribution in [-0.2, 0) is 16.0 Å². The molecule has 0 fully saturated rings. The third-order valence-corrected chi connectivity index (χ3v) is 5.65. The van der Waals surface area contributed by atoms with Crippen molar-refractivity contribution < 1.29 is 27.5 Å². The van der Waals surface area contributed by atoms with Gasteiger partial charge in [-0.25, -0.2) is 4.98 Å². The van der Waals surface area contributed by atoms with Gasteiger partial charge in [-0.15, -0.1) is 13.2 Å². The Hall–Kier alpha value is -3.64. The van der Waals surface area contributed by atoms with Crippen LogP contribution >= 0.6 is 11.3 Å². The molecule has 4 aromatic rings. The Labute approximate surface area is 188 Å². The lowest BCUT2D eigenvalue weighted by Gasteiger charge is -2.11. The minimum atomic E-state index is -4.80. The lowest BCUT2D eigenvalue weighted by molar-refractivity contribution is -0.274. The highest BCUT2D eigenvalue weighted by atomic mass is 32.1. The second-order valence-electron chi connectivity index (χ2n) is 7.13. The number of halogens is 3. The van der Waals surface area contributed by atoms with Crippen molar-refractivity contribution in [3.8, 4) is 5.75 Å². The number of H-pyrrole nitrogens is 1. The van der Waals surface area contributed by atoms with Gasteiger partial charge in [-0.1, -0.05) is 29.5 Å². The third-order valence-electron chi connectivity index (χ3n) is 4.71. The predicted molar refractivity (Wildman–Crippen MR) is 118 cm³/mol. The van der Waals surface area contributed by atoms with Gasteiger partial charge in [0.15, 0.2) is 5.13 Å². The van der Waals surface area contributed by atoms with E-state index in [1.807, 2.05) is 24.3 Å². The number of nitrogens with one attached hydrogen (secondary N) is 3. The molecular formula is C21H18F3N5O3S. The van der Waals surface area contributed by atoms with Crippen LogP contribution in [0.15, 0.2) is 48.7 Å². The maximum atomic E-state index is 12.4. The monoisotopic (exact) mass is 477 g/mol. The summed E-state index contributed by atoms with van der Waals surface area (Å²) >= 11 is 0.979. The maximum Gasteiger partial charge on any atom is 0.573 e. The van der Waals surface area contributed by atoms with Gasteiger partial charge in [0.25, 0.3) is 0 Å². The number of aromatic amines is 1. The summed E-state index contributed by atoms with van der Waals surface area (Å²) in [5.74, 6) is -1.42. The van der Waals surface area contributed by atoms with E-state index in [9.17, 15) is 22.8 Å². The smallest absolute Gasteiger partial charge is 0.406 e. The largest absolute Gasteiger partial charge is 0.573 e. The highest BCUT2D eigenvalue weighted by Gasteiger charge is 2.31. The van der Waals surface area contributed by atoms with E-state index < -0.39 is 24.2 Å². The highest BCUT2D eigenvalue weighted by Crippen LogP contribution is 2.31. The average Bonchev–Trinajstić information content (AvgIpc) is 3.34. The van der Waals surface area contributed by atoms with Crippen molar-refractivity contribution in [2.45, 2.75) is 18.8 Å². The predicted octanol–water partition coefficient (Wildman–Crippen LogP) is 3.30. The van der Waals surface area contributed by atoms with Gasteiger partial charge in [-0.2, -0.15) is 0 Å². The summed E-state index contributed by atoms with van der Waals surface area (Å²) in [6, 6.07) is 10.4. The van der Waals surface area contributed by atoms with E-state index in [4.69, 9.17) is 5.73 Å². The summed E-state index contributed by atoms with van der Waals surface area (Å²) < 4.78 is 41.4. The zero-order valence-corrected chi connectivity index (χ0v) is 17.7. The molecule has 8 nitrogen and oxygen atoms in total. The summed E-state index contributed by atoms with van der Waals surface area (Å²) in [6.45, 7) is -0.335. The van der Waals surface area contributed by atoms with Crippen LogP contribution < -0.4 is 21.1 Å². The Balaban J connectivity index is 1.31. The standard InChI is InChI=1S/C21H18F3N5O3S/c22-21(23,24)32-12-5-6-16-17(8-12)33-20(28-16)29-18(30)10-27-19(31)14(25)7-11-9-26-15-4-2-1-3-13(11)15/h1-6,8-9,14,26H,7,10,25H2,(H,27,31)(H,28,29,30). The molecule has 172 valence electrons. The molecule has 0 bridgehead atoms. The molecule has 5 N–H and O–H groups in total. The molecule has 0 spiro atoms. The van der Waals surface area contributed by atoms with Crippen LogP contribution in [0, 0.1) is 0 Å². The number of nitrogens with zero attached hydrogens (tertiary/aromatic N) is 1. The molecule has 2 amide bonds. The van der Waals surface area contributed by atoms with Crippen molar-refractivity contribution in [1.82, 2.24) is 15.3 Å². The normalized spacial score (nSPS) is 12.6. The van der Waals surface area contributed by atoms with Gasteiger partial charge in [0, 0.05) is 23.2 Å². The molecule has 2 aromatic carbocycles.